The van der Waals surface area contributed by atoms with Gasteiger partial charge in [0.15, 0.2) is 0 Å². The molecule has 1 aliphatic rings. The Labute approximate surface area is 111 Å². The summed E-state index contributed by atoms with van der Waals surface area (Å²) in [5, 5.41) is 20.1. The van der Waals surface area contributed by atoms with E-state index >= 15 is 0 Å². The van der Waals surface area contributed by atoms with Crippen molar-refractivity contribution in [3.05, 3.63) is 35.4 Å². The van der Waals surface area contributed by atoms with Gasteiger partial charge in [-0.05, 0) is 30.4 Å². The molecule has 2 atom stereocenters. The third kappa shape index (κ3) is 3.12. The maximum absolute atomic E-state index is 12.0. The number of carbonyl (C=O) groups excluding carboxylic acids is 1. The number of hydrogen-bond donors (Lipinski definition) is 3. The first-order chi connectivity index (χ1) is 9.11. The maximum Gasteiger partial charge on any atom is 0.328 e. The van der Waals surface area contributed by atoms with Gasteiger partial charge in [-0.3, -0.25) is 4.79 Å². The van der Waals surface area contributed by atoms with Crippen molar-refractivity contribution >= 4 is 11.9 Å². The molecule has 0 heterocycles. The zero-order valence-electron chi connectivity index (χ0n) is 10.5. The summed E-state index contributed by atoms with van der Waals surface area (Å²) in [6.45, 7) is -0.593. The molecule has 2 rings (SSSR count). The van der Waals surface area contributed by atoms with Crippen LogP contribution in [0, 0.1) is 5.92 Å². The van der Waals surface area contributed by atoms with Crippen LogP contribution < -0.4 is 5.32 Å². The molecule has 1 aromatic rings. The molecule has 0 saturated carbocycles. The highest BCUT2D eigenvalue weighted by molar-refractivity contribution is 5.85. The molecule has 0 fully saturated rings. The molecule has 5 nitrogen and oxygen atoms in total. The van der Waals surface area contributed by atoms with Crippen molar-refractivity contribution < 1.29 is 19.8 Å². The summed E-state index contributed by atoms with van der Waals surface area (Å²) in [5.41, 5.74) is 2.40. The second kappa shape index (κ2) is 5.84. The number of carboxylic acids is 1. The molecule has 0 bridgehead atoms. The van der Waals surface area contributed by atoms with Crippen LogP contribution in [0.1, 0.15) is 17.5 Å². The molecule has 0 saturated heterocycles. The molecule has 1 aromatic carbocycles. The van der Waals surface area contributed by atoms with Gasteiger partial charge in [-0.25, -0.2) is 4.79 Å². The first-order valence-corrected chi connectivity index (χ1v) is 6.32. The number of carbonyl (C=O) groups is 2. The van der Waals surface area contributed by atoms with Crippen molar-refractivity contribution in [1.29, 1.82) is 0 Å². The number of aliphatic hydroxyl groups is 1. The SMILES string of the molecule is O=C(NC(CO)C(=O)O)C1CCc2ccccc2C1. The van der Waals surface area contributed by atoms with E-state index < -0.39 is 18.6 Å². The number of carboxylic acid groups (broad SMARTS) is 1. The highest BCUT2D eigenvalue weighted by Gasteiger charge is 2.27. The molecule has 102 valence electrons. The Balaban J connectivity index is 2.01. The van der Waals surface area contributed by atoms with Gasteiger partial charge in [0.05, 0.1) is 6.61 Å². The molecular weight excluding hydrogens is 246 g/mol. The van der Waals surface area contributed by atoms with E-state index in [1.165, 1.54) is 5.56 Å². The first-order valence-electron chi connectivity index (χ1n) is 6.32. The van der Waals surface area contributed by atoms with Crippen molar-refractivity contribution in [2.75, 3.05) is 6.61 Å². The minimum absolute atomic E-state index is 0.219. The molecule has 0 spiro atoms. The Hall–Kier alpha value is -1.88. The Morgan fingerprint density at radius 1 is 1.32 bits per heavy atom. The molecule has 0 radical (unpaired) electrons. The number of fused-ring (bicyclic) bond motifs is 1. The Morgan fingerprint density at radius 2 is 2.00 bits per heavy atom. The Kier molecular flexibility index (Phi) is 4.16. The van der Waals surface area contributed by atoms with Gasteiger partial charge in [-0.15, -0.1) is 0 Å². The molecule has 0 aliphatic heterocycles. The van der Waals surface area contributed by atoms with Crippen molar-refractivity contribution in [1.82, 2.24) is 5.32 Å². The summed E-state index contributed by atoms with van der Waals surface area (Å²) in [5.74, 6) is -1.73. The van der Waals surface area contributed by atoms with Crippen LogP contribution in [0.2, 0.25) is 0 Å². The van der Waals surface area contributed by atoms with E-state index in [-0.39, 0.29) is 11.8 Å². The molecular formula is C14H17NO4. The molecule has 19 heavy (non-hydrogen) atoms. The van der Waals surface area contributed by atoms with Gasteiger partial charge in [0.1, 0.15) is 6.04 Å². The smallest absolute Gasteiger partial charge is 0.328 e. The van der Waals surface area contributed by atoms with E-state index in [0.29, 0.717) is 12.8 Å². The van der Waals surface area contributed by atoms with Crippen molar-refractivity contribution in [3.63, 3.8) is 0 Å². The van der Waals surface area contributed by atoms with E-state index in [4.69, 9.17) is 10.2 Å². The lowest BCUT2D eigenvalue weighted by Gasteiger charge is -2.24. The van der Waals surface area contributed by atoms with Gasteiger partial charge in [-0.1, -0.05) is 24.3 Å². The minimum atomic E-state index is -1.22. The van der Waals surface area contributed by atoms with Crippen LogP contribution in [0.15, 0.2) is 24.3 Å². The fourth-order valence-electron chi connectivity index (χ4n) is 2.40. The number of aliphatic carboxylic acids is 1. The van der Waals surface area contributed by atoms with Crippen LogP contribution >= 0.6 is 0 Å². The summed E-state index contributed by atoms with van der Waals surface area (Å²) in [6, 6.07) is 6.75. The fourth-order valence-corrected chi connectivity index (χ4v) is 2.40. The average molecular weight is 263 g/mol. The Bertz CT molecular complexity index is 486. The third-order valence-electron chi connectivity index (χ3n) is 3.51. The van der Waals surface area contributed by atoms with Gasteiger partial charge in [0, 0.05) is 5.92 Å². The van der Waals surface area contributed by atoms with Crippen LogP contribution in [0.4, 0.5) is 0 Å². The van der Waals surface area contributed by atoms with Gasteiger partial charge >= 0.3 is 5.97 Å². The topological polar surface area (TPSA) is 86.6 Å². The average Bonchev–Trinajstić information content (AvgIpc) is 2.43. The lowest BCUT2D eigenvalue weighted by molar-refractivity contribution is -0.143. The summed E-state index contributed by atoms with van der Waals surface area (Å²) >= 11 is 0. The zero-order valence-corrected chi connectivity index (χ0v) is 10.5. The monoisotopic (exact) mass is 263 g/mol. The minimum Gasteiger partial charge on any atom is -0.480 e. The summed E-state index contributed by atoms with van der Waals surface area (Å²) in [6.07, 6.45) is 2.16. The highest BCUT2D eigenvalue weighted by atomic mass is 16.4. The predicted molar refractivity (Wildman–Crippen MR) is 68.6 cm³/mol. The molecule has 1 amide bonds. The normalized spacial score (nSPS) is 19.3. The number of amides is 1. The number of benzene rings is 1. The van der Waals surface area contributed by atoms with Crippen LogP contribution in [0.3, 0.4) is 0 Å². The number of rotatable bonds is 4. The number of nitrogens with one attached hydrogen (secondary N) is 1. The lowest BCUT2D eigenvalue weighted by Crippen LogP contribution is -2.46. The summed E-state index contributed by atoms with van der Waals surface area (Å²) in [7, 11) is 0. The van der Waals surface area contributed by atoms with Gasteiger partial charge in [0.2, 0.25) is 5.91 Å². The van der Waals surface area contributed by atoms with Crippen LogP contribution in [0.5, 0.6) is 0 Å². The van der Waals surface area contributed by atoms with E-state index in [0.717, 1.165) is 12.0 Å². The van der Waals surface area contributed by atoms with E-state index in [1.807, 2.05) is 18.2 Å². The fraction of sp³-hybridized carbons (Fsp3) is 0.429. The van der Waals surface area contributed by atoms with Gasteiger partial charge in [-0.2, -0.15) is 0 Å². The van der Waals surface area contributed by atoms with Crippen molar-refractivity contribution in [3.8, 4) is 0 Å². The van der Waals surface area contributed by atoms with Crippen LogP contribution in [-0.2, 0) is 22.4 Å². The van der Waals surface area contributed by atoms with E-state index in [1.54, 1.807) is 0 Å². The largest absolute Gasteiger partial charge is 0.480 e. The number of hydrogen-bond acceptors (Lipinski definition) is 3. The maximum atomic E-state index is 12.0. The molecule has 0 aromatic heterocycles. The quantitative estimate of drug-likeness (QED) is 0.731. The standard InChI is InChI=1S/C14H17NO4/c16-8-12(14(18)19)15-13(17)11-6-5-9-3-1-2-4-10(9)7-11/h1-4,11-12,16H,5-8H2,(H,15,17)(H,18,19). The number of aliphatic hydroxyl groups excluding tert-OH is 1. The molecule has 1 aliphatic carbocycles. The lowest BCUT2D eigenvalue weighted by atomic mass is 9.83. The molecule has 2 unspecified atom stereocenters. The second-order valence-corrected chi connectivity index (χ2v) is 4.79. The van der Waals surface area contributed by atoms with Crippen molar-refractivity contribution in [2.24, 2.45) is 5.92 Å². The molecule has 3 N–H and O–H groups in total. The summed E-state index contributed by atoms with van der Waals surface area (Å²) < 4.78 is 0. The first kappa shape index (κ1) is 13.5. The predicted octanol–water partition coefficient (Wildman–Crippen LogP) is 0.353. The van der Waals surface area contributed by atoms with Crippen LogP contribution in [-0.4, -0.2) is 34.7 Å². The summed E-state index contributed by atoms with van der Waals surface area (Å²) in [4.78, 5) is 22.8. The second-order valence-electron chi connectivity index (χ2n) is 4.79. The van der Waals surface area contributed by atoms with Crippen molar-refractivity contribution in [2.45, 2.75) is 25.3 Å². The van der Waals surface area contributed by atoms with Gasteiger partial charge < -0.3 is 15.5 Å². The van der Waals surface area contributed by atoms with Crippen LogP contribution in [0.25, 0.3) is 0 Å². The van der Waals surface area contributed by atoms with E-state index in [2.05, 4.69) is 11.4 Å². The zero-order chi connectivity index (χ0) is 13.8. The Morgan fingerprint density at radius 3 is 2.63 bits per heavy atom. The molecule has 5 heteroatoms. The third-order valence-corrected chi connectivity index (χ3v) is 3.51. The van der Waals surface area contributed by atoms with E-state index in [9.17, 15) is 9.59 Å². The number of aryl methyl sites for hydroxylation is 1. The highest BCUT2D eigenvalue weighted by Crippen LogP contribution is 2.25. The van der Waals surface area contributed by atoms with Gasteiger partial charge in [0.25, 0.3) is 0 Å².